The number of aliphatic carboxylic acids is 1. The summed E-state index contributed by atoms with van der Waals surface area (Å²) in [6.45, 7) is 0.810. The van der Waals surface area contributed by atoms with Crippen LogP contribution in [0.4, 0.5) is 4.39 Å². The van der Waals surface area contributed by atoms with Crippen molar-refractivity contribution < 1.29 is 19.1 Å². The monoisotopic (exact) mass is 377 g/mol. The maximum atomic E-state index is 13.2. The molecule has 0 atom stereocenters. The molecule has 4 nitrogen and oxygen atoms in total. The minimum absolute atomic E-state index is 0.229. The van der Waals surface area contributed by atoms with E-state index in [1.165, 1.54) is 12.1 Å². The Morgan fingerprint density at radius 3 is 2.53 bits per heavy atom. The number of rotatable bonds is 2. The molecule has 102 valence electrons. The van der Waals surface area contributed by atoms with Crippen molar-refractivity contribution in [3.8, 4) is 0 Å². The molecule has 1 saturated heterocycles. The fraction of sp³-hybridized carbons (Fsp3) is 0.385. The Morgan fingerprint density at radius 1 is 1.32 bits per heavy atom. The van der Waals surface area contributed by atoms with Crippen molar-refractivity contribution in [3.05, 3.63) is 33.1 Å². The first-order valence-corrected chi connectivity index (χ1v) is 7.04. The zero-order chi connectivity index (χ0) is 14.0. The standard InChI is InChI=1S/C13H13FINO3/c14-9-1-2-11(15)10(7-9)12(17)16-5-3-8(4-6-16)13(18)19/h1-2,7-8H,3-6H2,(H,18,19). The van der Waals surface area contributed by atoms with E-state index in [0.29, 0.717) is 35.1 Å². The van der Waals surface area contributed by atoms with Gasteiger partial charge in [-0.05, 0) is 53.6 Å². The lowest BCUT2D eigenvalue weighted by atomic mass is 9.96. The van der Waals surface area contributed by atoms with E-state index in [0.717, 1.165) is 0 Å². The van der Waals surface area contributed by atoms with Crippen molar-refractivity contribution in [1.29, 1.82) is 0 Å². The van der Waals surface area contributed by atoms with Crippen LogP contribution in [0.5, 0.6) is 0 Å². The highest BCUT2D eigenvalue weighted by atomic mass is 127. The summed E-state index contributed by atoms with van der Waals surface area (Å²) in [5.41, 5.74) is 0.342. The second-order valence-corrected chi connectivity index (χ2v) is 5.69. The molecule has 1 N–H and O–H groups in total. The zero-order valence-electron chi connectivity index (χ0n) is 10.1. The summed E-state index contributed by atoms with van der Waals surface area (Å²) in [6, 6.07) is 4.11. The maximum absolute atomic E-state index is 13.2. The second kappa shape index (κ2) is 5.85. The summed E-state index contributed by atoms with van der Waals surface area (Å²) in [5.74, 6) is -1.86. The topological polar surface area (TPSA) is 57.6 Å². The smallest absolute Gasteiger partial charge is 0.306 e. The average Bonchev–Trinajstić information content (AvgIpc) is 2.41. The van der Waals surface area contributed by atoms with E-state index in [1.54, 1.807) is 11.0 Å². The van der Waals surface area contributed by atoms with E-state index in [4.69, 9.17) is 5.11 Å². The molecule has 1 aromatic carbocycles. The Hall–Kier alpha value is -1.18. The van der Waals surface area contributed by atoms with E-state index >= 15 is 0 Å². The minimum atomic E-state index is -0.813. The number of halogens is 2. The quantitative estimate of drug-likeness (QED) is 0.806. The maximum Gasteiger partial charge on any atom is 0.306 e. The highest BCUT2D eigenvalue weighted by molar-refractivity contribution is 14.1. The molecule has 1 aliphatic heterocycles. The fourth-order valence-electron chi connectivity index (χ4n) is 2.16. The predicted octanol–water partition coefficient (Wildman–Crippen LogP) is 2.37. The number of carbonyl (C=O) groups is 2. The second-order valence-electron chi connectivity index (χ2n) is 4.53. The van der Waals surface area contributed by atoms with Crippen LogP contribution in [0, 0.1) is 15.3 Å². The van der Waals surface area contributed by atoms with Gasteiger partial charge in [0.1, 0.15) is 5.82 Å². The number of nitrogens with zero attached hydrogens (tertiary/aromatic N) is 1. The molecule has 19 heavy (non-hydrogen) atoms. The number of hydrogen-bond acceptors (Lipinski definition) is 2. The van der Waals surface area contributed by atoms with Crippen molar-refractivity contribution in [2.45, 2.75) is 12.8 Å². The average molecular weight is 377 g/mol. The molecule has 0 radical (unpaired) electrons. The third-order valence-corrected chi connectivity index (χ3v) is 4.23. The van der Waals surface area contributed by atoms with E-state index in [9.17, 15) is 14.0 Å². The molecule has 0 saturated carbocycles. The first-order chi connectivity index (χ1) is 8.99. The van der Waals surface area contributed by atoms with Gasteiger partial charge >= 0.3 is 5.97 Å². The first-order valence-electron chi connectivity index (χ1n) is 5.96. The third kappa shape index (κ3) is 3.23. The van der Waals surface area contributed by atoms with Crippen molar-refractivity contribution in [2.75, 3.05) is 13.1 Å². The summed E-state index contributed by atoms with van der Waals surface area (Å²) >= 11 is 1.99. The number of piperidine rings is 1. The molecule has 1 heterocycles. The van der Waals surface area contributed by atoms with Gasteiger partial charge in [-0.1, -0.05) is 0 Å². The Labute approximate surface area is 123 Å². The molecule has 0 aliphatic carbocycles. The summed E-state index contributed by atoms with van der Waals surface area (Å²) in [6.07, 6.45) is 0.903. The SMILES string of the molecule is O=C(O)C1CCN(C(=O)c2cc(F)ccc2I)CC1. The number of hydrogen-bond donors (Lipinski definition) is 1. The molecule has 0 bridgehead atoms. The van der Waals surface area contributed by atoms with Gasteiger partial charge in [-0.25, -0.2) is 4.39 Å². The largest absolute Gasteiger partial charge is 0.481 e. The van der Waals surface area contributed by atoms with Crippen LogP contribution in [0.3, 0.4) is 0 Å². The zero-order valence-corrected chi connectivity index (χ0v) is 12.3. The lowest BCUT2D eigenvalue weighted by Gasteiger charge is -2.30. The van der Waals surface area contributed by atoms with Crippen LogP contribution in [-0.2, 0) is 4.79 Å². The van der Waals surface area contributed by atoms with Gasteiger partial charge in [0.2, 0.25) is 0 Å². The lowest BCUT2D eigenvalue weighted by molar-refractivity contribution is -0.143. The molecule has 0 spiro atoms. The molecule has 0 aromatic heterocycles. The normalized spacial score (nSPS) is 16.4. The van der Waals surface area contributed by atoms with Crippen molar-refractivity contribution in [1.82, 2.24) is 4.90 Å². The third-order valence-electron chi connectivity index (χ3n) is 3.29. The van der Waals surface area contributed by atoms with E-state index in [1.807, 2.05) is 22.6 Å². The van der Waals surface area contributed by atoms with E-state index in [2.05, 4.69) is 0 Å². The molecule has 6 heteroatoms. The lowest BCUT2D eigenvalue weighted by Crippen LogP contribution is -2.40. The van der Waals surface area contributed by atoms with Gasteiger partial charge in [0.25, 0.3) is 5.91 Å². The molecule has 1 amide bonds. The van der Waals surface area contributed by atoms with Crippen LogP contribution in [0.2, 0.25) is 0 Å². The van der Waals surface area contributed by atoms with Crippen molar-refractivity contribution in [3.63, 3.8) is 0 Å². The first kappa shape index (κ1) is 14.2. The molecular weight excluding hydrogens is 364 g/mol. The van der Waals surface area contributed by atoms with Gasteiger partial charge in [-0.3, -0.25) is 9.59 Å². The molecular formula is C13H13FINO3. The summed E-state index contributed by atoms with van der Waals surface area (Å²) in [4.78, 5) is 24.7. The number of amides is 1. The highest BCUT2D eigenvalue weighted by Crippen LogP contribution is 2.21. The fourth-order valence-corrected chi connectivity index (χ4v) is 2.73. The highest BCUT2D eigenvalue weighted by Gasteiger charge is 2.28. The minimum Gasteiger partial charge on any atom is -0.481 e. The molecule has 2 rings (SSSR count). The van der Waals surface area contributed by atoms with Gasteiger partial charge in [0, 0.05) is 16.7 Å². The van der Waals surface area contributed by atoms with Gasteiger partial charge in [0.05, 0.1) is 11.5 Å². The molecule has 1 fully saturated rings. The van der Waals surface area contributed by atoms with Crippen molar-refractivity contribution >= 4 is 34.5 Å². The summed E-state index contributed by atoms with van der Waals surface area (Å²) < 4.78 is 13.9. The van der Waals surface area contributed by atoms with Crippen LogP contribution >= 0.6 is 22.6 Å². The number of likely N-dealkylation sites (tertiary alicyclic amines) is 1. The number of carboxylic acids is 1. The van der Waals surface area contributed by atoms with Gasteiger partial charge < -0.3 is 10.0 Å². The van der Waals surface area contributed by atoms with Crippen LogP contribution in [0.25, 0.3) is 0 Å². The van der Waals surface area contributed by atoms with Gasteiger partial charge in [-0.15, -0.1) is 0 Å². The Kier molecular flexibility index (Phi) is 4.38. The van der Waals surface area contributed by atoms with Crippen LogP contribution in [-0.4, -0.2) is 35.0 Å². The van der Waals surface area contributed by atoms with Crippen LogP contribution in [0.1, 0.15) is 23.2 Å². The van der Waals surface area contributed by atoms with Gasteiger partial charge in [-0.2, -0.15) is 0 Å². The Balaban J connectivity index is 2.09. The van der Waals surface area contributed by atoms with E-state index in [-0.39, 0.29) is 11.8 Å². The van der Waals surface area contributed by atoms with Crippen LogP contribution in [0.15, 0.2) is 18.2 Å². The van der Waals surface area contributed by atoms with Crippen LogP contribution < -0.4 is 0 Å². The summed E-state index contributed by atoms with van der Waals surface area (Å²) in [5, 5.41) is 8.91. The predicted molar refractivity (Wildman–Crippen MR) is 75.4 cm³/mol. The Bertz CT molecular complexity index is 513. The molecule has 1 aliphatic rings. The molecule has 0 unspecified atom stereocenters. The Morgan fingerprint density at radius 2 is 1.95 bits per heavy atom. The number of carboxylic acid groups (broad SMARTS) is 1. The van der Waals surface area contributed by atoms with Gasteiger partial charge in [0.15, 0.2) is 0 Å². The summed E-state index contributed by atoms with van der Waals surface area (Å²) in [7, 11) is 0. The number of carbonyl (C=O) groups excluding carboxylic acids is 1. The van der Waals surface area contributed by atoms with E-state index < -0.39 is 11.8 Å². The number of benzene rings is 1. The van der Waals surface area contributed by atoms with Crippen molar-refractivity contribution in [2.24, 2.45) is 5.92 Å². The molecule has 1 aromatic rings.